The van der Waals surface area contributed by atoms with E-state index >= 15 is 0 Å². The number of rotatable bonds is 4. The lowest BCUT2D eigenvalue weighted by Crippen LogP contribution is -2.40. The van der Waals surface area contributed by atoms with E-state index in [1.165, 1.54) is 0 Å². The number of amides is 1. The molecule has 1 aromatic heterocycles. The number of nitrogens with zero attached hydrogens (tertiary/aromatic N) is 1. The molecule has 76 valence electrons. The van der Waals surface area contributed by atoms with Gasteiger partial charge in [-0.05, 0) is 26.0 Å². The second kappa shape index (κ2) is 4.72. The monoisotopic (exact) mass is 193 g/mol. The Morgan fingerprint density at radius 2 is 2.21 bits per heavy atom. The molecule has 1 heterocycles. The van der Waals surface area contributed by atoms with Crippen LogP contribution >= 0.6 is 0 Å². The number of carbonyl (C=O) groups is 1. The van der Waals surface area contributed by atoms with Gasteiger partial charge >= 0.3 is 0 Å². The number of carbonyl (C=O) groups excluding carboxylic acids is 1. The fourth-order valence-electron chi connectivity index (χ4n) is 1.17. The molecule has 4 heteroatoms. The lowest BCUT2D eigenvalue weighted by molar-refractivity contribution is -0.119. The van der Waals surface area contributed by atoms with E-state index in [0.717, 1.165) is 5.69 Å². The summed E-state index contributed by atoms with van der Waals surface area (Å²) in [7, 11) is 0. The third kappa shape index (κ3) is 2.81. The molecule has 0 saturated carbocycles. The minimum Gasteiger partial charge on any atom is -0.368 e. The van der Waals surface area contributed by atoms with E-state index in [1.54, 1.807) is 13.1 Å². The number of nitrogens with two attached hydrogens (primary N) is 1. The van der Waals surface area contributed by atoms with E-state index in [2.05, 4.69) is 10.3 Å². The molecule has 1 amide bonds. The Labute approximate surface area is 83.5 Å². The van der Waals surface area contributed by atoms with Crippen molar-refractivity contribution in [3.8, 4) is 0 Å². The van der Waals surface area contributed by atoms with Crippen molar-refractivity contribution in [2.75, 3.05) is 0 Å². The largest absolute Gasteiger partial charge is 0.368 e. The molecule has 0 bridgehead atoms. The van der Waals surface area contributed by atoms with E-state index in [-0.39, 0.29) is 18.0 Å². The highest BCUT2D eigenvalue weighted by molar-refractivity contribution is 5.79. The van der Waals surface area contributed by atoms with Gasteiger partial charge in [0.1, 0.15) is 0 Å². The van der Waals surface area contributed by atoms with Crippen molar-refractivity contribution in [3.05, 3.63) is 30.1 Å². The number of hydrogen-bond acceptors (Lipinski definition) is 3. The summed E-state index contributed by atoms with van der Waals surface area (Å²) >= 11 is 0. The maximum atomic E-state index is 10.8. The molecular formula is C10H15N3O. The number of primary amides is 1. The van der Waals surface area contributed by atoms with Crippen molar-refractivity contribution >= 4 is 5.91 Å². The summed E-state index contributed by atoms with van der Waals surface area (Å²) in [5.74, 6) is -0.354. The highest BCUT2D eigenvalue weighted by atomic mass is 16.1. The quantitative estimate of drug-likeness (QED) is 0.736. The van der Waals surface area contributed by atoms with Gasteiger partial charge in [-0.1, -0.05) is 6.07 Å². The predicted octanol–water partition coefficient (Wildman–Crippen LogP) is 0.606. The van der Waals surface area contributed by atoms with Gasteiger partial charge in [-0.3, -0.25) is 15.1 Å². The predicted molar refractivity (Wildman–Crippen MR) is 54.4 cm³/mol. The Balaban J connectivity index is 2.59. The van der Waals surface area contributed by atoms with Crippen LogP contribution in [-0.2, 0) is 4.79 Å². The molecule has 0 radical (unpaired) electrons. The fourth-order valence-corrected chi connectivity index (χ4v) is 1.17. The first-order valence-electron chi connectivity index (χ1n) is 4.57. The van der Waals surface area contributed by atoms with Gasteiger partial charge in [-0.2, -0.15) is 0 Å². The van der Waals surface area contributed by atoms with Crippen LogP contribution < -0.4 is 11.1 Å². The highest BCUT2D eigenvalue weighted by Gasteiger charge is 2.13. The molecule has 14 heavy (non-hydrogen) atoms. The Hall–Kier alpha value is -1.42. The molecule has 1 unspecified atom stereocenters. The lowest BCUT2D eigenvalue weighted by atomic mass is 10.2. The van der Waals surface area contributed by atoms with E-state index < -0.39 is 0 Å². The van der Waals surface area contributed by atoms with Gasteiger partial charge in [-0.25, -0.2) is 0 Å². The zero-order chi connectivity index (χ0) is 10.6. The van der Waals surface area contributed by atoms with E-state index in [4.69, 9.17) is 5.73 Å². The number of pyridine rings is 1. The van der Waals surface area contributed by atoms with Gasteiger partial charge in [0.2, 0.25) is 5.91 Å². The van der Waals surface area contributed by atoms with E-state index in [1.807, 2.05) is 25.1 Å². The van der Waals surface area contributed by atoms with Crippen LogP contribution in [0.15, 0.2) is 24.4 Å². The van der Waals surface area contributed by atoms with Crippen LogP contribution in [0, 0.1) is 0 Å². The Bertz CT molecular complexity index is 299. The molecule has 2 atom stereocenters. The third-order valence-corrected chi connectivity index (χ3v) is 2.06. The molecule has 0 aliphatic carbocycles. The van der Waals surface area contributed by atoms with Crippen molar-refractivity contribution in [1.29, 1.82) is 0 Å². The maximum Gasteiger partial charge on any atom is 0.234 e. The lowest BCUT2D eigenvalue weighted by Gasteiger charge is -2.16. The standard InChI is InChI=1S/C10H15N3O/c1-7(13-8(2)10(11)14)9-5-3-4-6-12-9/h3-8,13H,1-2H3,(H2,11,14)/t7-,8?/m0/s1. The van der Waals surface area contributed by atoms with Gasteiger partial charge in [0, 0.05) is 12.2 Å². The van der Waals surface area contributed by atoms with Crippen LogP contribution in [0.4, 0.5) is 0 Å². The molecule has 4 nitrogen and oxygen atoms in total. The molecule has 0 aliphatic rings. The van der Waals surface area contributed by atoms with Gasteiger partial charge in [-0.15, -0.1) is 0 Å². The van der Waals surface area contributed by atoms with Crippen LogP contribution in [0.1, 0.15) is 25.6 Å². The second-order valence-corrected chi connectivity index (χ2v) is 3.27. The van der Waals surface area contributed by atoms with Gasteiger partial charge in [0.15, 0.2) is 0 Å². The van der Waals surface area contributed by atoms with Gasteiger partial charge in [0.25, 0.3) is 0 Å². The summed E-state index contributed by atoms with van der Waals surface area (Å²) in [5, 5.41) is 3.06. The zero-order valence-electron chi connectivity index (χ0n) is 8.40. The van der Waals surface area contributed by atoms with Gasteiger partial charge in [0.05, 0.1) is 11.7 Å². The average Bonchev–Trinajstić information content (AvgIpc) is 2.19. The Morgan fingerprint density at radius 1 is 1.50 bits per heavy atom. The SMILES string of the molecule is CC(N[C@@H](C)c1ccccn1)C(N)=O. The first kappa shape index (κ1) is 10.7. The summed E-state index contributed by atoms with van der Waals surface area (Å²) in [6, 6.07) is 5.36. The summed E-state index contributed by atoms with van der Waals surface area (Å²) in [6.45, 7) is 3.68. The number of nitrogens with one attached hydrogen (secondary N) is 1. The summed E-state index contributed by atoms with van der Waals surface area (Å²) in [6.07, 6.45) is 1.72. The third-order valence-electron chi connectivity index (χ3n) is 2.06. The fraction of sp³-hybridized carbons (Fsp3) is 0.400. The molecular weight excluding hydrogens is 178 g/mol. The molecule has 0 saturated heterocycles. The van der Waals surface area contributed by atoms with Crippen LogP contribution in [0.2, 0.25) is 0 Å². The summed E-state index contributed by atoms with van der Waals surface area (Å²) in [5.41, 5.74) is 6.04. The van der Waals surface area contributed by atoms with E-state index in [9.17, 15) is 4.79 Å². The first-order valence-corrected chi connectivity index (χ1v) is 4.57. The Kier molecular flexibility index (Phi) is 3.59. The van der Waals surface area contributed by atoms with Crippen molar-refractivity contribution in [3.63, 3.8) is 0 Å². The van der Waals surface area contributed by atoms with E-state index in [0.29, 0.717) is 0 Å². The minimum atomic E-state index is -0.354. The maximum absolute atomic E-state index is 10.8. The number of aromatic nitrogens is 1. The summed E-state index contributed by atoms with van der Waals surface area (Å²) in [4.78, 5) is 15.0. The van der Waals surface area contributed by atoms with Crippen molar-refractivity contribution in [1.82, 2.24) is 10.3 Å². The Morgan fingerprint density at radius 3 is 2.71 bits per heavy atom. The van der Waals surface area contributed by atoms with Crippen LogP contribution in [0.3, 0.4) is 0 Å². The smallest absolute Gasteiger partial charge is 0.234 e. The van der Waals surface area contributed by atoms with Crippen molar-refractivity contribution in [2.24, 2.45) is 5.73 Å². The van der Waals surface area contributed by atoms with Crippen molar-refractivity contribution < 1.29 is 4.79 Å². The molecule has 1 rings (SSSR count). The first-order chi connectivity index (χ1) is 6.61. The van der Waals surface area contributed by atoms with Crippen molar-refractivity contribution in [2.45, 2.75) is 25.9 Å². The topological polar surface area (TPSA) is 68.0 Å². The zero-order valence-corrected chi connectivity index (χ0v) is 8.40. The molecule has 3 N–H and O–H groups in total. The molecule has 1 aromatic rings. The number of hydrogen-bond donors (Lipinski definition) is 2. The van der Waals surface area contributed by atoms with Gasteiger partial charge < -0.3 is 5.73 Å². The van der Waals surface area contributed by atoms with Crippen LogP contribution in [0.25, 0.3) is 0 Å². The molecule has 0 spiro atoms. The van der Waals surface area contributed by atoms with Crippen LogP contribution in [0.5, 0.6) is 0 Å². The minimum absolute atomic E-state index is 0.0266. The summed E-state index contributed by atoms with van der Waals surface area (Å²) < 4.78 is 0. The molecule has 0 aliphatic heterocycles. The van der Waals surface area contributed by atoms with Crippen LogP contribution in [-0.4, -0.2) is 16.9 Å². The molecule has 0 fully saturated rings. The second-order valence-electron chi connectivity index (χ2n) is 3.27. The molecule has 0 aromatic carbocycles. The average molecular weight is 193 g/mol. The normalized spacial score (nSPS) is 14.7. The highest BCUT2D eigenvalue weighted by Crippen LogP contribution is 2.08.